The van der Waals surface area contributed by atoms with Gasteiger partial charge in [0.15, 0.2) is 11.0 Å². The number of aromatic nitrogens is 3. The summed E-state index contributed by atoms with van der Waals surface area (Å²) in [5, 5.41) is 6.80. The third-order valence-electron chi connectivity index (χ3n) is 6.29. The maximum Gasteiger partial charge on any atom is 0.573 e. The van der Waals surface area contributed by atoms with Crippen molar-refractivity contribution in [2.24, 2.45) is 4.99 Å². The van der Waals surface area contributed by atoms with Crippen molar-refractivity contribution >= 4 is 40.2 Å². The number of anilines is 2. The van der Waals surface area contributed by atoms with Gasteiger partial charge in [0.1, 0.15) is 17.9 Å². The van der Waals surface area contributed by atoms with Crippen LogP contribution >= 0.6 is 11.8 Å². The van der Waals surface area contributed by atoms with E-state index in [1.165, 1.54) is 40.2 Å². The molecule has 5 rings (SSSR count). The van der Waals surface area contributed by atoms with Crippen LogP contribution in [0.4, 0.5) is 33.7 Å². The number of carbonyl (C=O) groups is 2. The Kier molecular flexibility index (Phi) is 8.22. The lowest BCUT2D eigenvalue weighted by Crippen LogP contribution is -2.31. The second-order valence-corrected chi connectivity index (χ2v) is 10.8. The van der Waals surface area contributed by atoms with Crippen LogP contribution in [0.3, 0.4) is 0 Å². The first-order valence-electron chi connectivity index (χ1n) is 12.9. The maximum absolute atomic E-state index is 15.0. The van der Waals surface area contributed by atoms with E-state index in [1.54, 1.807) is 0 Å². The number of rotatable bonds is 6. The van der Waals surface area contributed by atoms with Gasteiger partial charge in [-0.2, -0.15) is 4.99 Å². The highest BCUT2D eigenvalue weighted by Gasteiger charge is 2.33. The first-order valence-corrected chi connectivity index (χ1v) is 13.9. The van der Waals surface area contributed by atoms with Crippen molar-refractivity contribution in [2.45, 2.75) is 33.1 Å². The Balaban J connectivity index is 1.33. The summed E-state index contributed by atoms with van der Waals surface area (Å²) in [4.78, 5) is 35.1. The molecular weight excluding hydrogens is 588 g/mol. The summed E-state index contributed by atoms with van der Waals surface area (Å²) < 4.78 is 57.9. The average molecular weight is 613 g/mol. The molecule has 4 aromatic rings. The van der Waals surface area contributed by atoms with Gasteiger partial charge in [-0.25, -0.2) is 18.9 Å². The maximum atomic E-state index is 15.0. The lowest BCUT2D eigenvalue weighted by Gasteiger charge is -2.22. The number of nitrogens with one attached hydrogen (secondary N) is 1. The van der Waals surface area contributed by atoms with Gasteiger partial charge in [0, 0.05) is 11.6 Å². The molecule has 2 heterocycles. The number of thioether (sulfide) groups is 1. The Morgan fingerprint density at radius 2 is 1.91 bits per heavy atom. The Morgan fingerprint density at radius 3 is 2.63 bits per heavy atom. The van der Waals surface area contributed by atoms with Gasteiger partial charge in [-0.3, -0.25) is 9.69 Å². The van der Waals surface area contributed by atoms with E-state index in [0.29, 0.717) is 5.69 Å². The molecule has 9 nitrogen and oxygen atoms in total. The number of benzene rings is 3. The number of hydrogen-bond donors (Lipinski definition) is 1. The monoisotopic (exact) mass is 612 g/mol. The number of ether oxygens (including phenoxy) is 1. The summed E-state index contributed by atoms with van der Waals surface area (Å²) in [6, 6.07) is 13.9. The number of amidine groups is 1. The van der Waals surface area contributed by atoms with Crippen LogP contribution in [-0.2, 0) is 4.79 Å². The molecule has 1 N–H and O–H groups in total. The van der Waals surface area contributed by atoms with Crippen molar-refractivity contribution in [3.05, 3.63) is 83.9 Å². The summed E-state index contributed by atoms with van der Waals surface area (Å²) in [5.41, 5.74) is 2.86. The number of amides is 3. The Morgan fingerprint density at radius 1 is 1.12 bits per heavy atom. The first-order chi connectivity index (χ1) is 20.4. The smallest absolute Gasteiger partial charge is 0.406 e. The first kappa shape index (κ1) is 29.8. The fourth-order valence-electron chi connectivity index (χ4n) is 4.35. The lowest BCUT2D eigenvalue weighted by atomic mass is 9.99. The van der Waals surface area contributed by atoms with Gasteiger partial charge in [0.25, 0.3) is 0 Å². The van der Waals surface area contributed by atoms with Gasteiger partial charge in [-0.15, -0.1) is 18.3 Å². The molecule has 0 aliphatic carbocycles. The van der Waals surface area contributed by atoms with Gasteiger partial charge in [0.05, 0.1) is 22.8 Å². The third-order valence-corrected chi connectivity index (χ3v) is 7.21. The van der Waals surface area contributed by atoms with Gasteiger partial charge in [-0.05, 0) is 60.4 Å². The molecule has 0 unspecified atom stereocenters. The van der Waals surface area contributed by atoms with Crippen LogP contribution in [0.5, 0.6) is 5.75 Å². The van der Waals surface area contributed by atoms with Gasteiger partial charge < -0.3 is 10.1 Å². The summed E-state index contributed by atoms with van der Waals surface area (Å²) in [6.07, 6.45) is -3.59. The third kappa shape index (κ3) is 6.85. The van der Waals surface area contributed by atoms with Crippen molar-refractivity contribution in [3.8, 4) is 22.8 Å². The van der Waals surface area contributed by atoms with Crippen LogP contribution in [0.2, 0.25) is 0 Å². The minimum Gasteiger partial charge on any atom is -0.406 e. The minimum absolute atomic E-state index is 0.0924. The number of nitrogens with zero attached hydrogens (tertiary/aromatic N) is 5. The number of carbonyl (C=O) groups excluding carboxylic acids is 2. The van der Waals surface area contributed by atoms with Gasteiger partial charge in [-0.1, -0.05) is 43.8 Å². The molecule has 0 atom stereocenters. The second kappa shape index (κ2) is 11.9. The zero-order valence-corrected chi connectivity index (χ0v) is 23.8. The molecule has 1 aliphatic heterocycles. The average Bonchev–Trinajstić information content (AvgIpc) is 3.56. The second-order valence-electron chi connectivity index (χ2n) is 9.81. The molecule has 222 valence electrons. The Labute approximate surface area is 247 Å². The number of aliphatic imine (C=N–C) groups is 1. The van der Waals surface area contributed by atoms with Crippen LogP contribution in [0.15, 0.2) is 72.0 Å². The molecule has 1 aromatic heterocycles. The van der Waals surface area contributed by atoms with E-state index < -0.39 is 24.0 Å². The van der Waals surface area contributed by atoms with E-state index in [2.05, 4.69) is 25.1 Å². The Bertz CT molecular complexity index is 1740. The molecule has 0 spiro atoms. The van der Waals surface area contributed by atoms with E-state index in [1.807, 2.05) is 39.0 Å². The standard InChI is InChI=1S/C29H24F4N6O3S/c1-16(2)21-9-7-17(3)11-24(21)39-25(40)14-43-28(39)36-27(41)35-23-10-8-18(12-22(23)30)26-34-15-38(37-26)19-5-4-6-20(13-19)42-29(31,32)33/h4-13,15-16H,14H2,1-3H3,(H,35,41)/b36-28-. The fraction of sp³-hybridized carbons (Fsp3) is 0.207. The van der Waals surface area contributed by atoms with Crippen molar-refractivity contribution in [3.63, 3.8) is 0 Å². The highest BCUT2D eigenvalue weighted by atomic mass is 32.2. The van der Waals surface area contributed by atoms with Crippen molar-refractivity contribution in [1.82, 2.24) is 14.8 Å². The van der Waals surface area contributed by atoms with Crippen LogP contribution in [0.25, 0.3) is 17.1 Å². The van der Waals surface area contributed by atoms with Crippen LogP contribution in [0.1, 0.15) is 30.9 Å². The number of hydrogen-bond acceptors (Lipinski definition) is 6. The largest absolute Gasteiger partial charge is 0.573 e. The topological polar surface area (TPSA) is 102 Å². The molecule has 3 aromatic carbocycles. The number of aryl methyl sites for hydroxylation is 1. The molecule has 1 saturated heterocycles. The highest BCUT2D eigenvalue weighted by molar-refractivity contribution is 8.15. The molecule has 1 aliphatic rings. The summed E-state index contributed by atoms with van der Waals surface area (Å²) in [5.74, 6) is -1.12. The zero-order chi connectivity index (χ0) is 30.9. The van der Waals surface area contributed by atoms with E-state index >= 15 is 4.39 Å². The molecule has 43 heavy (non-hydrogen) atoms. The normalized spacial score (nSPS) is 14.6. The minimum atomic E-state index is -4.85. The van der Waals surface area contributed by atoms with Crippen molar-refractivity contribution in [1.29, 1.82) is 0 Å². The molecule has 0 bridgehead atoms. The SMILES string of the molecule is Cc1ccc(C(C)C)c(N2C(=O)CS/C2=N\C(=O)Nc2ccc(-c3ncn(-c4cccc(OC(F)(F)F)c4)n3)cc2F)c1. The van der Waals surface area contributed by atoms with Crippen LogP contribution in [0, 0.1) is 12.7 Å². The quantitative estimate of drug-likeness (QED) is 0.234. The molecule has 0 radical (unpaired) electrons. The molecule has 14 heteroatoms. The van der Waals surface area contributed by atoms with E-state index in [9.17, 15) is 22.8 Å². The van der Waals surface area contributed by atoms with Crippen molar-refractivity contribution < 1.29 is 31.9 Å². The van der Waals surface area contributed by atoms with Crippen LogP contribution in [-0.4, -0.2) is 44.0 Å². The van der Waals surface area contributed by atoms with E-state index in [4.69, 9.17) is 0 Å². The summed E-state index contributed by atoms with van der Waals surface area (Å²) in [7, 11) is 0. The van der Waals surface area contributed by atoms with Crippen LogP contribution < -0.4 is 15.0 Å². The molecule has 1 fully saturated rings. The van der Waals surface area contributed by atoms with Gasteiger partial charge >= 0.3 is 12.4 Å². The Hall–Kier alpha value is -4.72. The summed E-state index contributed by atoms with van der Waals surface area (Å²) in [6.45, 7) is 5.91. The molecule has 3 amide bonds. The molecule has 0 saturated carbocycles. The number of alkyl halides is 3. The predicted molar refractivity (Wildman–Crippen MR) is 155 cm³/mol. The van der Waals surface area contributed by atoms with E-state index in [0.717, 1.165) is 41.1 Å². The lowest BCUT2D eigenvalue weighted by molar-refractivity contribution is -0.274. The predicted octanol–water partition coefficient (Wildman–Crippen LogP) is 7.07. The molecular formula is C29H24F4N6O3S. The van der Waals surface area contributed by atoms with E-state index in [-0.39, 0.29) is 45.5 Å². The van der Waals surface area contributed by atoms with Crippen molar-refractivity contribution in [2.75, 3.05) is 16.0 Å². The number of halogens is 4. The number of urea groups is 1. The fourth-order valence-corrected chi connectivity index (χ4v) is 5.20. The van der Waals surface area contributed by atoms with Gasteiger partial charge in [0.2, 0.25) is 5.91 Å². The zero-order valence-electron chi connectivity index (χ0n) is 23.0. The summed E-state index contributed by atoms with van der Waals surface area (Å²) >= 11 is 1.12. The highest BCUT2D eigenvalue weighted by Crippen LogP contribution is 2.34.